The molecule has 0 radical (unpaired) electrons. The van der Waals surface area contributed by atoms with Crippen LogP contribution in [-0.4, -0.2) is 30.5 Å². The molecule has 1 heterocycles. The van der Waals surface area contributed by atoms with Gasteiger partial charge in [-0.15, -0.1) is 0 Å². The monoisotopic (exact) mass is 252 g/mol. The van der Waals surface area contributed by atoms with E-state index in [-0.39, 0.29) is 12.1 Å². The summed E-state index contributed by atoms with van der Waals surface area (Å²) in [6, 6.07) is 3.62. The summed E-state index contributed by atoms with van der Waals surface area (Å²) >= 11 is 0. The van der Waals surface area contributed by atoms with E-state index < -0.39 is 0 Å². The second kappa shape index (κ2) is 4.94. The van der Waals surface area contributed by atoms with E-state index in [2.05, 4.69) is 5.32 Å². The molecule has 2 rings (SSSR count). The van der Waals surface area contributed by atoms with E-state index in [1.54, 1.807) is 6.07 Å². The number of hydrogen-bond donors (Lipinski definition) is 3. The maximum atomic E-state index is 9.03. The Bertz CT molecular complexity index is 432. The molecule has 0 amide bonds. The zero-order valence-corrected chi connectivity index (χ0v) is 10.8. The number of hydrogen-bond acceptors (Lipinski definition) is 5. The summed E-state index contributed by atoms with van der Waals surface area (Å²) in [6.07, 6.45) is 0.640. The second-order valence-corrected chi connectivity index (χ2v) is 5.07. The molecule has 0 atom stereocenters. The summed E-state index contributed by atoms with van der Waals surface area (Å²) in [5.74, 6) is 1.39. The molecular weight excluding hydrogens is 232 g/mol. The molecule has 100 valence electrons. The van der Waals surface area contributed by atoms with Crippen LogP contribution in [0.3, 0.4) is 0 Å². The Hall–Kier alpha value is -1.62. The lowest BCUT2D eigenvalue weighted by molar-refractivity contribution is 0.172. The van der Waals surface area contributed by atoms with Crippen molar-refractivity contribution >= 4 is 11.4 Å². The quantitative estimate of drug-likeness (QED) is 0.710. The highest BCUT2D eigenvalue weighted by Crippen LogP contribution is 2.38. The average Bonchev–Trinajstić information content (AvgIpc) is 2.29. The molecule has 0 spiro atoms. The predicted octanol–water partition coefficient (Wildman–Crippen LogP) is 1.61. The third-order valence-electron chi connectivity index (χ3n) is 2.92. The van der Waals surface area contributed by atoms with Gasteiger partial charge in [-0.2, -0.15) is 0 Å². The van der Waals surface area contributed by atoms with E-state index in [9.17, 15) is 0 Å². The zero-order chi connectivity index (χ0) is 13.2. The van der Waals surface area contributed by atoms with E-state index in [1.165, 1.54) is 0 Å². The number of aliphatic hydroxyl groups excluding tert-OH is 1. The zero-order valence-electron chi connectivity index (χ0n) is 10.8. The van der Waals surface area contributed by atoms with Gasteiger partial charge in [0.25, 0.3) is 0 Å². The van der Waals surface area contributed by atoms with Gasteiger partial charge in [0.1, 0.15) is 13.2 Å². The first-order valence-corrected chi connectivity index (χ1v) is 6.10. The van der Waals surface area contributed by atoms with Gasteiger partial charge in [0.05, 0.1) is 11.4 Å². The molecule has 0 saturated carbocycles. The summed E-state index contributed by atoms with van der Waals surface area (Å²) in [4.78, 5) is 0. The van der Waals surface area contributed by atoms with Crippen molar-refractivity contribution in [2.24, 2.45) is 0 Å². The minimum Gasteiger partial charge on any atom is -0.486 e. The molecule has 5 heteroatoms. The van der Waals surface area contributed by atoms with Crippen LogP contribution in [0.25, 0.3) is 0 Å². The number of nitrogen functional groups attached to an aromatic ring is 1. The summed E-state index contributed by atoms with van der Waals surface area (Å²) < 4.78 is 11.0. The first-order valence-electron chi connectivity index (χ1n) is 6.10. The maximum Gasteiger partial charge on any atom is 0.163 e. The number of fused-ring (bicyclic) bond motifs is 1. The Labute approximate surface area is 107 Å². The van der Waals surface area contributed by atoms with Gasteiger partial charge in [0, 0.05) is 24.3 Å². The molecule has 0 fully saturated rings. The first kappa shape index (κ1) is 12.8. The van der Waals surface area contributed by atoms with Gasteiger partial charge in [0.2, 0.25) is 0 Å². The molecule has 18 heavy (non-hydrogen) atoms. The third-order valence-corrected chi connectivity index (χ3v) is 2.92. The van der Waals surface area contributed by atoms with Gasteiger partial charge in [0.15, 0.2) is 11.5 Å². The molecule has 1 aliphatic heterocycles. The molecule has 0 saturated heterocycles. The lowest BCUT2D eigenvalue weighted by Crippen LogP contribution is -2.32. The van der Waals surface area contributed by atoms with Gasteiger partial charge >= 0.3 is 0 Å². The number of nitrogens with two attached hydrogens (primary N) is 1. The normalized spacial score (nSPS) is 14.4. The second-order valence-electron chi connectivity index (χ2n) is 5.07. The number of rotatable bonds is 4. The van der Waals surface area contributed by atoms with E-state index in [0.717, 1.165) is 5.69 Å². The van der Waals surface area contributed by atoms with E-state index in [4.69, 9.17) is 20.3 Å². The Balaban J connectivity index is 2.23. The Morgan fingerprint density at radius 3 is 2.50 bits per heavy atom. The predicted molar refractivity (Wildman–Crippen MR) is 71.2 cm³/mol. The van der Waals surface area contributed by atoms with Crippen LogP contribution in [0.2, 0.25) is 0 Å². The number of aliphatic hydroxyl groups is 1. The summed E-state index contributed by atoms with van der Waals surface area (Å²) in [6.45, 7) is 5.26. The highest BCUT2D eigenvalue weighted by molar-refractivity contribution is 5.72. The highest BCUT2D eigenvalue weighted by Gasteiger charge is 2.20. The average molecular weight is 252 g/mol. The minimum absolute atomic E-state index is 0.129. The SMILES string of the molecule is CC(C)(CCO)Nc1cc2c(cc1N)OCCO2. The molecule has 1 aromatic rings. The molecule has 0 aromatic heterocycles. The van der Waals surface area contributed by atoms with Gasteiger partial charge < -0.3 is 25.6 Å². The van der Waals surface area contributed by atoms with Crippen LogP contribution in [0.4, 0.5) is 11.4 Å². The Kier molecular flexibility index (Phi) is 3.52. The van der Waals surface area contributed by atoms with Gasteiger partial charge in [-0.05, 0) is 20.3 Å². The Morgan fingerprint density at radius 2 is 1.89 bits per heavy atom. The fourth-order valence-electron chi connectivity index (χ4n) is 1.92. The number of ether oxygens (including phenoxy) is 2. The molecule has 4 N–H and O–H groups in total. The number of nitrogens with one attached hydrogen (secondary N) is 1. The van der Waals surface area contributed by atoms with Crippen molar-refractivity contribution in [3.05, 3.63) is 12.1 Å². The van der Waals surface area contributed by atoms with Crippen LogP contribution < -0.4 is 20.5 Å². The van der Waals surface area contributed by atoms with E-state index in [0.29, 0.717) is 36.8 Å². The molecule has 0 unspecified atom stereocenters. The Morgan fingerprint density at radius 1 is 1.28 bits per heavy atom. The third kappa shape index (κ3) is 2.79. The molecule has 0 aliphatic carbocycles. The van der Waals surface area contributed by atoms with Crippen molar-refractivity contribution in [1.82, 2.24) is 0 Å². The minimum atomic E-state index is -0.230. The number of anilines is 2. The fraction of sp³-hybridized carbons (Fsp3) is 0.538. The van der Waals surface area contributed by atoms with E-state index >= 15 is 0 Å². The van der Waals surface area contributed by atoms with Crippen LogP contribution in [0, 0.1) is 0 Å². The lowest BCUT2D eigenvalue weighted by Gasteiger charge is -2.28. The van der Waals surface area contributed by atoms with Gasteiger partial charge in [-0.3, -0.25) is 0 Å². The molecule has 0 bridgehead atoms. The maximum absolute atomic E-state index is 9.03. The van der Waals surface area contributed by atoms with Crippen molar-refractivity contribution in [3.63, 3.8) is 0 Å². The van der Waals surface area contributed by atoms with Crippen LogP contribution in [0.1, 0.15) is 20.3 Å². The van der Waals surface area contributed by atoms with E-state index in [1.807, 2.05) is 19.9 Å². The highest BCUT2D eigenvalue weighted by atomic mass is 16.6. The first-order chi connectivity index (χ1) is 8.52. The smallest absolute Gasteiger partial charge is 0.163 e. The topological polar surface area (TPSA) is 76.7 Å². The van der Waals surface area contributed by atoms with Crippen molar-refractivity contribution in [2.45, 2.75) is 25.8 Å². The fourth-order valence-corrected chi connectivity index (χ4v) is 1.92. The summed E-state index contributed by atoms with van der Waals surface area (Å²) in [5.41, 5.74) is 7.18. The molecule has 1 aliphatic rings. The van der Waals surface area contributed by atoms with Crippen molar-refractivity contribution in [1.29, 1.82) is 0 Å². The largest absolute Gasteiger partial charge is 0.486 e. The van der Waals surface area contributed by atoms with Crippen LogP contribution in [0.5, 0.6) is 11.5 Å². The van der Waals surface area contributed by atoms with Crippen LogP contribution in [0.15, 0.2) is 12.1 Å². The van der Waals surface area contributed by atoms with Crippen LogP contribution in [-0.2, 0) is 0 Å². The van der Waals surface area contributed by atoms with Crippen molar-refractivity contribution in [3.8, 4) is 11.5 Å². The molecular formula is C13H20N2O3. The standard InChI is InChI=1S/C13H20N2O3/c1-13(2,3-4-16)15-10-8-12-11(7-9(10)14)17-5-6-18-12/h7-8,15-16H,3-6,14H2,1-2H3. The van der Waals surface area contributed by atoms with Crippen molar-refractivity contribution < 1.29 is 14.6 Å². The molecule has 5 nitrogen and oxygen atoms in total. The van der Waals surface area contributed by atoms with Crippen molar-refractivity contribution in [2.75, 3.05) is 30.9 Å². The van der Waals surface area contributed by atoms with Gasteiger partial charge in [-0.25, -0.2) is 0 Å². The van der Waals surface area contributed by atoms with Gasteiger partial charge in [-0.1, -0.05) is 0 Å². The summed E-state index contributed by atoms with van der Waals surface area (Å²) in [7, 11) is 0. The van der Waals surface area contributed by atoms with Crippen LogP contribution >= 0.6 is 0 Å². The number of benzene rings is 1. The molecule has 1 aromatic carbocycles. The lowest BCUT2D eigenvalue weighted by atomic mass is 10.0. The summed E-state index contributed by atoms with van der Waals surface area (Å²) in [5, 5.41) is 12.3.